The van der Waals surface area contributed by atoms with Crippen LogP contribution in [0.5, 0.6) is 0 Å². The Bertz CT molecular complexity index is 12.4. The van der Waals surface area contributed by atoms with Crippen molar-refractivity contribution in [3.8, 4) is 0 Å². The second-order valence-electron chi connectivity index (χ2n) is 0.105. The van der Waals surface area contributed by atoms with Crippen LogP contribution in [0.2, 0.25) is 0 Å². The molecule has 0 spiro atoms. The van der Waals surface area contributed by atoms with Gasteiger partial charge in [-0.25, -0.2) is 0 Å². The Morgan fingerprint density at radius 1 is 1.40 bits per heavy atom. The lowest BCUT2D eigenvalue weighted by atomic mass is 12.9. The van der Waals surface area contributed by atoms with Crippen LogP contribution in [-0.2, 0) is 0 Å². The molecule has 0 aromatic carbocycles. The second-order valence-corrected chi connectivity index (χ2v) is 0.105. The van der Waals surface area contributed by atoms with Crippen molar-refractivity contribution in [2.75, 3.05) is 0 Å². The highest BCUT2D eigenvalue weighted by Gasteiger charge is 1.14. The van der Waals surface area contributed by atoms with E-state index in [0.29, 0.717) is 0 Å². The Morgan fingerprint density at radius 3 is 1.40 bits per heavy atom. The number of nitrogens with two attached hydrogens (primary N) is 1. The molecule has 6 N–H and O–H groups in total. The third kappa shape index (κ3) is 12.5. The van der Waals surface area contributed by atoms with Gasteiger partial charge in [0.05, 0.1) is 0 Å². The Labute approximate surface area is 28.3 Å². The van der Waals surface area contributed by atoms with Gasteiger partial charge in [-0.05, 0) is 0 Å². The zero-order chi connectivity index (χ0) is 2.71. The summed E-state index contributed by atoms with van der Waals surface area (Å²) < 4.78 is 0. The summed E-state index contributed by atoms with van der Waals surface area (Å²) >= 11 is 0. The third-order valence-corrected chi connectivity index (χ3v) is 0. The fourth-order valence-electron chi connectivity index (χ4n) is 0. The molecule has 0 saturated heterocycles. The molecular formula is H6N2O3. The largest absolute Gasteiger partial charge is 0.412 e. The standard InChI is InChI=1S/H2N2O.2H2O/c1-2-3;;/h(H2,1,3);2*1H2. The first-order valence-electron chi connectivity index (χ1n) is 0.441. The summed E-state index contributed by atoms with van der Waals surface area (Å²) in [5, 5.41) is 1.75. The van der Waals surface area contributed by atoms with Gasteiger partial charge in [0.25, 0.3) is 0 Å². The minimum absolute atomic E-state index is 0. The molecule has 0 aromatic heterocycles. The highest BCUT2D eigenvalue weighted by atomic mass is 16.3. The molecule has 0 radical (unpaired) electrons. The van der Waals surface area contributed by atoms with Crippen LogP contribution in [0.15, 0.2) is 5.29 Å². The first-order valence-corrected chi connectivity index (χ1v) is 0.441. The maximum Gasteiger partial charge on any atom is 0.0468 e. The number of rotatable bonds is 0. The summed E-state index contributed by atoms with van der Waals surface area (Å²) in [6.07, 6.45) is 0. The molecule has 0 rings (SSSR count). The summed E-state index contributed by atoms with van der Waals surface area (Å²) in [7, 11) is 0. The van der Waals surface area contributed by atoms with Crippen molar-refractivity contribution in [2.24, 2.45) is 11.1 Å². The van der Waals surface area contributed by atoms with Gasteiger partial charge in [0.15, 0.2) is 0 Å². The van der Waals surface area contributed by atoms with Gasteiger partial charge in [0, 0.05) is 5.29 Å². The van der Waals surface area contributed by atoms with E-state index in [9.17, 15) is 0 Å². The average molecular weight is 82.1 g/mol. The average Bonchev–Trinajstić information content (AvgIpc) is 0.918. The second kappa shape index (κ2) is 175. The maximum atomic E-state index is 8.33. The first-order chi connectivity index (χ1) is 1.41. The van der Waals surface area contributed by atoms with E-state index in [2.05, 4.69) is 5.84 Å². The highest BCUT2D eigenvalue weighted by molar-refractivity contribution is 3.93. The number of nitroso groups, excluding NO2 is 1. The molecule has 0 bridgehead atoms. The van der Waals surface area contributed by atoms with Gasteiger partial charge in [0.2, 0.25) is 0 Å². The lowest BCUT2D eigenvalue weighted by Gasteiger charge is -1.33. The molecule has 5 heteroatoms. The molecule has 5 nitrogen and oxygen atoms in total. The number of hydrogen-bond acceptors (Lipinski definition) is 2. The Hall–Kier alpha value is -0.680. The van der Waals surface area contributed by atoms with Crippen LogP contribution in [-0.4, -0.2) is 11.0 Å². The van der Waals surface area contributed by atoms with Crippen molar-refractivity contribution >= 4 is 0 Å². The molecule has 0 saturated carbocycles. The third-order valence-electron chi connectivity index (χ3n) is 0. The fourth-order valence-corrected chi connectivity index (χ4v) is 0. The molecule has 0 aliphatic heterocycles. The van der Waals surface area contributed by atoms with E-state index < -0.39 is 0 Å². The van der Waals surface area contributed by atoms with Crippen molar-refractivity contribution < 1.29 is 11.0 Å². The van der Waals surface area contributed by atoms with E-state index in [4.69, 9.17) is 4.91 Å². The van der Waals surface area contributed by atoms with Crippen molar-refractivity contribution in [1.82, 2.24) is 0 Å². The summed E-state index contributed by atoms with van der Waals surface area (Å²) in [6.45, 7) is 0. The van der Waals surface area contributed by atoms with E-state index in [1.54, 1.807) is 5.29 Å². The molecule has 0 aliphatic carbocycles. The number of hydrogen-bond donors (Lipinski definition) is 1. The monoisotopic (exact) mass is 82.0 g/mol. The van der Waals surface area contributed by atoms with Crippen LogP contribution in [0, 0.1) is 4.91 Å². The van der Waals surface area contributed by atoms with Gasteiger partial charge in [-0.1, -0.05) is 0 Å². The smallest absolute Gasteiger partial charge is 0.0468 e. The van der Waals surface area contributed by atoms with E-state index >= 15 is 0 Å². The van der Waals surface area contributed by atoms with E-state index in [1.165, 1.54) is 0 Å². The molecule has 0 atom stereocenters. The van der Waals surface area contributed by atoms with Gasteiger partial charge in [0.1, 0.15) is 0 Å². The zero-order valence-corrected chi connectivity index (χ0v) is 2.43. The highest BCUT2D eigenvalue weighted by Crippen LogP contribution is 1.12. The van der Waals surface area contributed by atoms with Gasteiger partial charge in [-0.15, -0.1) is 4.91 Å². The lowest BCUT2D eigenvalue weighted by molar-refractivity contribution is 0.823. The van der Waals surface area contributed by atoms with Crippen molar-refractivity contribution in [3.05, 3.63) is 4.91 Å². The zero-order valence-electron chi connectivity index (χ0n) is 2.43. The van der Waals surface area contributed by atoms with Crippen LogP contribution in [0.1, 0.15) is 0 Å². The van der Waals surface area contributed by atoms with Gasteiger partial charge >= 0.3 is 0 Å². The Morgan fingerprint density at radius 2 is 1.40 bits per heavy atom. The molecule has 0 heterocycles. The summed E-state index contributed by atoms with van der Waals surface area (Å²) in [6, 6.07) is 0. The van der Waals surface area contributed by atoms with Gasteiger partial charge in [-0.2, -0.15) is 0 Å². The van der Waals surface area contributed by atoms with Crippen LogP contribution in [0.4, 0.5) is 0 Å². The first kappa shape index (κ1) is 27.3. The summed E-state index contributed by atoms with van der Waals surface area (Å²) in [5.74, 6) is 3.92. The molecule has 5 heavy (non-hydrogen) atoms. The van der Waals surface area contributed by atoms with Crippen molar-refractivity contribution in [3.63, 3.8) is 0 Å². The van der Waals surface area contributed by atoms with E-state index in [0.717, 1.165) is 0 Å². The van der Waals surface area contributed by atoms with Crippen molar-refractivity contribution in [2.45, 2.75) is 0 Å². The minimum atomic E-state index is 0. The minimum Gasteiger partial charge on any atom is -0.412 e. The van der Waals surface area contributed by atoms with Crippen molar-refractivity contribution in [1.29, 1.82) is 0 Å². The Kier molecular flexibility index (Phi) is 954. The molecule has 34 valence electrons. The van der Waals surface area contributed by atoms with Crippen LogP contribution in [0.25, 0.3) is 0 Å². The van der Waals surface area contributed by atoms with Gasteiger partial charge < -0.3 is 11.0 Å². The van der Waals surface area contributed by atoms with Crippen LogP contribution < -0.4 is 5.84 Å². The van der Waals surface area contributed by atoms with Gasteiger partial charge in [-0.3, -0.25) is 5.84 Å². The molecule has 0 aromatic rings. The Balaban J connectivity index is -0.0000000200. The number of nitrogens with zero attached hydrogens (tertiary/aromatic N) is 1. The lowest BCUT2D eigenvalue weighted by Crippen LogP contribution is -1.66. The van der Waals surface area contributed by atoms with Crippen LogP contribution >= 0.6 is 0 Å². The SMILES string of the molecule is NN=O.O.O. The summed E-state index contributed by atoms with van der Waals surface area (Å²) in [5.41, 5.74) is 0. The molecule has 0 aliphatic rings. The van der Waals surface area contributed by atoms with E-state index in [1.807, 2.05) is 0 Å². The maximum absolute atomic E-state index is 8.33. The molecule has 0 unspecified atom stereocenters. The van der Waals surface area contributed by atoms with E-state index in [-0.39, 0.29) is 11.0 Å². The normalized spacial score (nSPS) is 2.40. The molecule has 0 fully saturated rings. The predicted octanol–water partition coefficient (Wildman–Crippen LogP) is -2.02. The summed E-state index contributed by atoms with van der Waals surface area (Å²) in [4.78, 5) is 8.33. The molecular weight excluding hydrogens is 76.0 g/mol. The molecule has 0 amide bonds. The van der Waals surface area contributed by atoms with Crippen LogP contribution in [0.3, 0.4) is 0 Å². The fraction of sp³-hybridized carbons (Fsp3) is 0. The quantitative estimate of drug-likeness (QED) is 0.206. The topological polar surface area (TPSA) is 118 Å². The predicted molar refractivity (Wildman–Crippen MR) is 17.2 cm³/mol.